The molecule has 4 nitrogen and oxygen atoms in total. The zero-order valence-corrected chi connectivity index (χ0v) is 14.0. The van der Waals surface area contributed by atoms with Crippen molar-refractivity contribution in [2.45, 2.75) is 39.1 Å². The Kier molecular flexibility index (Phi) is 6.01. The van der Waals surface area contributed by atoms with E-state index in [1.54, 1.807) is 12.1 Å². The van der Waals surface area contributed by atoms with Gasteiger partial charge in [0.15, 0.2) is 0 Å². The standard InChI is InChI=1S/C14H23ClN2O2S/c1-5-16-9-11-6-7-12(8-13(11)15)20(18,19)17-10-14(2,3)4/h6-8,16-17H,5,9-10H2,1-4H3. The molecule has 0 aliphatic rings. The van der Waals surface area contributed by atoms with E-state index in [1.165, 1.54) is 6.07 Å². The van der Waals surface area contributed by atoms with E-state index in [-0.39, 0.29) is 10.3 Å². The molecular formula is C14H23ClN2O2S. The minimum absolute atomic E-state index is 0.109. The van der Waals surface area contributed by atoms with E-state index < -0.39 is 10.0 Å². The molecule has 0 atom stereocenters. The molecule has 0 spiro atoms. The summed E-state index contributed by atoms with van der Waals surface area (Å²) in [6.07, 6.45) is 0. The Hall–Kier alpha value is -0.620. The molecule has 0 heterocycles. The molecule has 0 fully saturated rings. The molecule has 1 aromatic carbocycles. The topological polar surface area (TPSA) is 58.2 Å². The smallest absolute Gasteiger partial charge is 0.240 e. The van der Waals surface area contributed by atoms with Gasteiger partial charge in [-0.3, -0.25) is 0 Å². The summed E-state index contributed by atoms with van der Waals surface area (Å²) in [6.45, 7) is 9.77. The van der Waals surface area contributed by atoms with Crippen LogP contribution in [0.5, 0.6) is 0 Å². The van der Waals surface area contributed by atoms with Crippen LogP contribution in [0.2, 0.25) is 5.02 Å². The van der Waals surface area contributed by atoms with Crippen LogP contribution in [0, 0.1) is 5.41 Å². The fourth-order valence-corrected chi connectivity index (χ4v) is 3.12. The van der Waals surface area contributed by atoms with Gasteiger partial charge in [-0.25, -0.2) is 13.1 Å². The first-order valence-electron chi connectivity index (χ1n) is 6.64. The Morgan fingerprint density at radius 1 is 1.25 bits per heavy atom. The number of benzene rings is 1. The maximum absolute atomic E-state index is 12.2. The van der Waals surface area contributed by atoms with E-state index in [2.05, 4.69) is 10.0 Å². The third-order valence-electron chi connectivity index (χ3n) is 2.69. The maximum atomic E-state index is 12.2. The van der Waals surface area contributed by atoms with Gasteiger partial charge in [0.25, 0.3) is 0 Å². The second kappa shape index (κ2) is 6.89. The molecule has 0 radical (unpaired) electrons. The van der Waals surface area contributed by atoms with E-state index in [0.29, 0.717) is 18.1 Å². The van der Waals surface area contributed by atoms with Gasteiger partial charge in [0.1, 0.15) is 0 Å². The molecule has 0 saturated heterocycles. The molecular weight excluding hydrogens is 296 g/mol. The lowest BCUT2D eigenvalue weighted by atomic mass is 9.98. The van der Waals surface area contributed by atoms with E-state index in [4.69, 9.17) is 11.6 Å². The van der Waals surface area contributed by atoms with Crippen molar-refractivity contribution in [3.8, 4) is 0 Å². The molecule has 0 aliphatic heterocycles. The lowest BCUT2D eigenvalue weighted by Crippen LogP contribution is -2.32. The van der Waals surface area contributed by atoms with Gasteiger partial charge < -0.3 is 5.32 Å². The Bertz CT molecular complexity index is 551. The number of nitrogens with one attached hydrogen (secondary N) is 2. The highest BCUT2D eigenvalue weighted by molar-refractivity contribution is 7.89. The van der Waals surface area contributed by atoms with Gasteiger partial charge in [-0.1, -0.05) is 45.4 Å². The summed E-state index contributed by atoms with van der Waals surface area (Å²) in [6, 6.07) is 4.83. The zero-order chi connectivity index (χ0) is 15.4. The summed E-state index contributed by atoms with van der Waals surface area (Å²) in [5.74, 6) is 0. The van der Waals surface area contributed by atoms with Crippen molar-refractivity contribution in [3.05, 3.63) is 28.8 Å². The largest absolute Gasteiger partial charge is 0.313 e. The molecule has 0 unspecified atom stereocenters. The van der Waals surface area contributed by atoms with Gasteiger partial charge in [0, 0.05) is 18.1 Å². The van der Waals surface area contributed by atoms with Gasteiger partial charge in [0.2, 0.25) is 10.0 Å². The normalized spacial score (nSPS) is 12.7. The van der Waals surface area contributed by atoms with Gasteiger partial charge in [-0.15, -0.1) is 0 Å². The average molecular weight is 319 g/mol. The van der Waals surface area contributed by atoms with E-state index in [9.17, 15) is 8.42 Å². The van der Waals surface area contributed by atoms with E-state index >= 15 is 0 Å². The molecule has 114 valence electrons. The van der Waals surface area contributed by atoms with Crippen molar-refractivity contribution in [1.29, 1.82) is 0 Å². The first kappa shape index (κ1) is 17.4. The number of hydrogen-bond acceptors (Lipinski definition) is 3. The van der Waals surface area contributed by atoms with E-state index in [0.717, 1.165) is 12.1 Å². The minimum Gasteiger partial charge on any atom is -0.313 e. The molecule has 0 aliphatic carbocycles. The Balaban J connectivity index is 2.88. The fraction of sp³-hybridized carbons (Fsp3) is 0.571. The predicted octanol–water partition coefficient (Wildman–Crippen LogP) is 2.77. The monoisotopic (exact) mass is 318 g/mol. The molecule has 1 rings (SSSR count). The van der Waals surface area contributed by atoms with Crippen molar-refractivity contribution in [3.63, 3.8) is 0 Å². The second-order valence-corrected chi connectivity index (χ2v) is 8.09. The molecule has 6 heteroatoms. The average Bonchev–Trinajstić information content (AvgIpc) is 2.34. The van der Waals surface area contributed by atoms with E-state index in [1.807, 2.05) is 27.7 Å². The quantitative estimate of drug-likeness (QED) is 0.848. The van der Waals surface area contributed by atoms with Crippen molar-refractivity contribution >= 4 is 21.6 Å². The van der Waals surface area contributed by atoms with Crippen LogP contribution >= 0.6 is 11.6 Å². The summed E-state index contributed by atoms with van der Waals surface area (Å²) in [7, 11) is -3.51. The second-order valence-electron chi connectivity index (χ2n) is 5.92. The third-order valence-corrected chi connectivity index (χ3v) is 4.44. The summed E-state index contributed by atoms with van der Waals surface area (Å²) >= 11 is 6.13. The van der Waals surface area contributed by atoms with Crippen LogP contribution in [0.1, 0.15) is 33.3 Å². The fourth-order valence-electron chi connectivity index (χ4n) is 1.49. The van der Waals surface area contributed by atoms with Crippen LogP contribution in [-0.2, 0) is 16.6 Å². The SMILES string of the molecule is CCNCc1ccc(S(=O)(=O)NCC(C)(C)C)cc1Cl. The first-order valence-corrected chi connectivity index (χ1v) is 8.50. The predicted molar refractivity (Wildman–Crippen MR) is 83.5 cm³/mol. The molecule has 0 aromatic heterocycles. The van der Waals surface area contributed by atoms with Crippen molar-refractivity contribution in [2.24, 2.45) is 5.41 Å². The lowest BCUT2D eigenvalue weighted by molar-refractivity contribution is 0.407. The Morgan fingerprint density at radius 3 is 2.40 bits per heavy atom. The van der Waals surface area contributed by atoms with Crippen molar-refractivity contribution < 1.29 is 8.42 Å². The molecule has 0 saturated carbocycles. The van der Waals surface area contributed by atoms with Crippen LogP contribution in [0.3, 0.4) is 0 Å². The Labute approximate surface area is 127 Å². The summed E-state index contributed by atoms with van der Waals surface area (Å²) < 4.78 is 26.9. The number of sulfonamides is 1. The Morgan fingerprint density at radius 2 is 1.90 bits per heavy atom. The van der Waals surface area contributed by atoms with Gasteiger partial charge >= 0.3 is 0 Å². The number of hydrogen-bond donors (Lipinski definition) is 2. The van der Waals surface area contributed by atoms with Crippen LogP contribution in [0.25, 0.3) is 0 Å². The highest BCUT2D eigenvalue weighted by Gasteiger charge is 2.19. The van der Waals surface area contributed by atoms with Gasteiger partial charge in [-0.2, -0.15) is 0 Å². The summed E-state index contributed by atoms with van der Waals surface area (Å²) in [5.41, 5.74) is 0.783. The highest BCUT2D eigenvalue weighted by Crippen LogP contribution is 2.21. The molecule has 2 N–H and O–H groups in total. The lowest BCUT2D eigenvalue weighted by Gasteiger charge is -2.19. The van der Waals surface area contributed by atoms with Gasteiger partial charge in [-0.05, 0) is 29.7 Å². The number of rotatable bonds is 6. The summed E-state index contributed by atoms with van der Waals surface area (Å²) in [5, 5.41) is 3.62. The zero-order valence-electron chi connectivity index (χ0n) is 12.5. The number of halogens is 1. The van der Waals surface area contributed by atoms with Gasteiger partial charge in [0.05, 0.1) is 4.90 Å². The van der Waals surface area contributed by atoms with Crippen LogP contribution in [-0.4, -0.2) is 21.5 Å². The van der Waals surface area contributed by atoms with Crippen LogP contribution < -0.4 is 10.0 Å². The van der Waals surface area contributed by atoms with Crippen molar-refractivity contribution in [1.82, 2.24) is 10.0 Å². The molecule has 0 bridgehead atoms. The molecule has 20 heavy (non-hydrogen) atoms. The molecule has 1 aromatic rings. The van der Waals surface area contributed by atoms with Crippen LogP contribution in [0.15, 0.2) is 23.1 Å². The minimum atomic E-state index is -3.51. The maximum Gasteiger partial charge on any atom is 0.240 e. The van der Waals surface area contributed by atoms with Crippen LogP contribution in [0.4, 0.5) is 0 Å². The molecule has 0 amide bonds. The third kappa shape index (κ3) is 5.40. The van der Waals surface area contributed by atoms with Crippen molar-refractivity contribution in [2.75, 3.05) is 13.1 Å². The highest BCUT2D eigenvalue weighted by atomic mass is 35.5. The summed E-state index contributed by atoms with van der Waals surface area (Å²) in [4.78, 5) is 0.201. The first-order chi connectivity index (χ1) is 9.15.